The zero-order chi connectivity index (χ0) is 16.2. The first-order chi connectivity index (χ1) is 10.4. The van der Waals surface area contributed by atoms with E-state index in [1.165, 1.54) is 0 Å². The van der Waals surface area contributed by atoms with Crippen molar-refractivity contribution in [3.05, 3.63) is 24.3 Å². The predicted octanol–water partition coefficient (Wildman–Crippen LogP) is 2.85. The number of anilines is 2. The molecule has 23 heavy (non-hydrogen) atoms. The number of rotatable bonds is 4. The molecule has 7 heteroatoms. The van der Waals surface area contributed by atoms with Gasteiger partial charge in [-0.05, 0) is 51.0 Å². The highest BCUT2D eigenvalue weighted by molar-refractivity contribution is 5.98. The van der Waals surface area contributed by atoms with Crippen molar-refractivity contribution in [2.45, 2.75) is 51.1 Å². The average molecular weight is 341 g/mol. The Morgan fingerprint density at radius 3 is 2.00 bits per heavy atom. The summed E-state index contributed by atoms with van der Waals surface area (Å²) in [6.07, 6.45) is 3.46. The van der Waals surface area contributed by atoms with E-state index >= 15 is 0 Å². The van der Waals surface area contributed by atoms with Crippen LogP contribution in [-0.2, 0) is 4.79 Å². The number of amides is 3. The molecule has 0 radical (unpaired) electrons. The third-order valence-electron chi connectivity index (χ3n) is 3.77. The molecule has 0 bridgehead atoms. The summed E-state index contributed by atoms with van der Waals surface area (Å²) >= 11 is 0. The molecule has 0 aromatic heterocycles. The Labute approximate surface area is 143 Å². The summed E-state index contributed by atoms with van der Waals surface area (Å²) in [5.74, 6) is -0.136. The monoisotopic (exact) mass is 340 g/mol. The van der Waals surface area contributed by atoms with Gasteiger partial charge in [0.05, 0.1) is 5.54 Å². The number of nitrogens with two attached hydrogens (primary N) is 1. The fourth-order valence-electron chi connectivity index (χ4n) is 2.55. The molecule has 1 aliphatic rings. The van der Waals surface area contributed by atoms with Crippen molar-refractivity contribution >= 4 is 35.7 Å². The van der Waals surface area contributed by atoms with Crippen LogP contribution in [0.15, 0.2) is 24.3 Å². The first-order valence-corrected chi connectivity index (χ1v) is 7.67. The Balaban J connectivity index is 0.00000264. The van der Waals surface area contributed by atoms with E-state index in [0.717, 1.165) is 25.7 Å². The fourth-order valence-corrected chi connectivity index (χ4v) is 2.55. The van der Waals surface area contributed by atoms with Crippen LogP contribution in [0.1, 0.15) is 39.5 Å². The number of hydrogen-bond donors (Lipinski definition) is 4. The molecule has 5 N–H and O–H groups in total. The third kappa shape index (κ3) is 5.41. The number of benzene rings is 1. The molecule has 1 saturated carbocycles. The van der Waals surface area contributed by atoms with Crippen LogP contribution in [0.2, 0.25) is 0 Å². The summed E-state index contributed by atoms with van der Waals surface area (Å²) in [5.41, 5.74) is 6.72. The molecule has 3 amide bonds. The minimum Gasteiger partial charge on any atom is -0.336 e. The van der Waals surface area contributed by atoms with Crippen LogP contribution in [0.25, 0.3) is 0 Å². The van der Waals surface area contributed by atoms with Crippen molar-refractivity contribution in [2.75, 3.05) is 10.6 Å². The Morgan fingerprint density at radius 1 is 1.04 bits per heavy atom. The van der Waals surface area contributed by atoms with E-state index in [-0.39, 0.29) is 30.4 Å². The van der Waals surface area contributed by atoms with Crippen LogP contribution < -0.4 is 21.7 Å². The van der Waals surface area contributed by atoms with Gasteiger partial charge in [-0.25, -0.2) is 4.79 Å². The van der Waals surface area contributed by atoms with E-state index in [1.807, 2.05) is 13.8 Å². The van der Waals surface area contributed by atoms with Crippen molar-refractivity contribution in [2.24, 2.45) is 5.73 Å². The van der Waals surface area contributed by atoms with E-state index < -0.39 is 5.54 Å². The Morgan fingerprint density at radius 2 is 1.52 bits per heavy atom. The lowest BCUT2D eigenvalue weighted by molar-refractivity contribution is -0.121. The van der Waals surface area contributed by atoms with Gasteiger partial charge in [0.25, 0.3) is 0 Å². The molecule has 1 fully saturated rings. The Kier molecular flexibility index (Phi) is 6.84. The minimum absolute atomic E-state index is 0. The van der Waals surface area contributed by atoms with Gasteiger partial charge in [0, 0.05) is 17.4 Å². The van der Waals surface area contributed by atoms with Crippen LogP contribution in [0.3, 0.4) is 0 Å². The molecular weight excluding hydrogens is 316 g/mol. The Hall–Kier alpha value is -1.79. The van der Waals surface area contributed by atoms with Crippen molar-refractivity contribution in [3.8, 4) is 0 Å². The van der Waals surface area contributed by atoms with Crippen molar-refractivity contribution in [1.82, 2.24) is 5.32 Å². The van der Waals surface area contributed by atoms with Gasteiger partial charge >= 0.3 is 6.03 Å². The number of hydrogen-bond acceptors (Lipinski definition) is 3. The molecule has 0 saturated heterocycles. The molecular formula is C16H25ClN4O2. The van der Waals surface area contributed by atoms with Gasteiger partial charge in [-0.1, -0.05) is 12.8 Å². The molecule has 1 aromatic rings. The second-order valence-electron chi connectivity index (χ2n) is 6.15. The lowest BCUT2D eigenvalue weighted by Crippen LogP contribution is -2.48. The van der Waals surface area contributed by atoms with E-state index in [4.69, 9.17) is 5.73 Å². The van der Waals surface area contributed by atoms with Crippen LogP contribution in [0.5, 0.6) is 0 Å². The van der Waals surface area contributed by atoms with Crippen LogP contribution >= 0.6 is 12.4 Å². The SMILES string of the molecule is CC(C)NC(=O)Nc1ccc(NC(=O)C2(N)CCCC2)cc1.Cl. The lowest BCUT2D eigenvalue weighted by atomic mass is 9.98. The first kappa shape index (κ1) is 19.3. The van der Waals surface area contributed by atoms with Crippen molar-refractivity contribution in [1.29, 1.82) is 0 Å². The highest BCUT2D eigenvalue weighted by atomic mass is 35.5. The quantitative estimate of drug-likeness (QED) is 0.678. The summed E-state index contributed by atoms with van der Waals surface area (Å²) in [5, 5.41) is 8.32. The number of carbonyl (C=O) groups is 2. The topological polar surface area (TPSA) is 96.2 Å². The molecule has 1 aromatic carbocycles. The molecule has 0 atom stereocenters. The van der Waals surface area contributed by atoms with Gasteiger partial charge < -0.3 is 21.7 Å². The maximum atomic E-state index is 12.2. The molecule has 0 heterocycles. The van der Waals surface area contributed by atoms with Gasteiger partial charge in [-0.2, -0.15) is 0 Å². The van der Waals surface area contributed by atoms with Crippen LogP contribution in [0, 0.1) is 0 Å². The number of nitrogens with one attached hydrogen (secondary N) is 3. The second-order valence-corrected chi connectivity index (χ2v) is 6.15. The Bertz CT molecular complexity index is 540. The van der Waals surface area contributed by atoms with E-state index in [9.17, 15) is 9.59 Å². The zero-order valence-corrected chi connectivity index (χ0v) is 14.3. The molecule has 128 valence electrons. The smallest absolute Gasteiger partial charge is 0.319 e. The summed E-state index contributed by atoms with van der Waals surface area (Å²) in [6, 6.07) is 6.81. The van der Waals surface area contributed by atoms with Gasteiger partial charge in [-0.15, -0.1) is 12.4 Å². The molecule has 2 rings (SSSR count). The van der Waals surface area contributed by atoms with Crippen molar-refractivity contribution < 1.29 is 9.59 Å². The number of urea groups is 1. The summed E-state index contributed by atoms with van der Waals surface area (Å²) in [6.45, 7) is 3.79. The average Bonchev–Trinajstić information content (AvgIpc) is 2.88. The maximum absolute atomic E-state index is 12.2. The molecule has 1 aliphatic carbocycles. The third-order valence-corrected chi connectivity index (χ3v) is 3.77. The van der Waals surface area contributed by atoms with Crippen molar-refractivity contribution in [3.63, 3.8) is 0 Å². The number of carbonyl (C=O) groups excluding carboxylic acids is 2. The second kappa shape index (κ2) is 8.17. The normalized spacial score (nSPS) is 15.7. The zero-order valence-electron chi connectivity index (χ0n) is 13.5. The lowest BCUT2D eigenvalue weighted by Gasteiger charge is -2.22. The standard InChI is InChI=1S/C16H24N4O2.ClH/c1-11(2)18-15(22)20-13-7-5-12(6-8-13)19-14(21)16(17)9-3-4-10-16;/h5-8,11H,3-4,9-10,17H2,1-2H3,(H,19,21)(H2,18,20,22);1H. The highest BCUT2D eigenvalue weighted by Gasteiger charge is 2.36. The summed E-state index contributed by atoms with van der Waals surface area (Å²) < 4.78 is 0. The molecule has 0 unspecified atom stereocenters. The van der Waals surface area contributed by atoms with Crippen LogP contribution in [0.4, 0.5) is 16.2 Å². The van der Waals surface area contributed by atoms with Gasteiger partial charge in [0.15, 0.2) is 0 Å². The predicted molar refractivity (Wildman–Crippen MR) is 95.0 cm³/mol. The van der Waals surface area contributed by atoms with E-state index in [2.05, 4.69) is 16.0 Å². The fraction of sp³-hybridized carbons (Fsp3) is 0.500. The van der Waals surface area contributed by atoms with Gasteiger partial charge in [0.2, 0.25) is 5.91 Å². The maximum Gasteiger partial charge on any atom is 0.319 e. The van der Waals surface area contributed by atoms with E-state index in [0.29, 0.717) is 11.4 Å². The molecule has 0 spiro atoms. The molecule has 6 nitrogen and oxygen atoms in total. The highest BCUT2D eigenvalue weighted by Crippen LogP contribution is 2.28. The first-order valence-electron chi connectivity index (χ1n) is 7.67. The summed E-state index contributed by atoms with van der Waals surface area (Å²) in [7, 11) is 0. The van der Waals surface area contributed by atoms with Crippen LogP contribution in [-0.4, -0.2) is 23.5 Å². The van der Waals surface area contributed by atoms with Gasteiger partial charge in [-0.3, -0.25) is 4.79 Å². The largest absolute Gasteiger partial charge is 0.336 e. The number of halogens is 1. The minimum atomic E-state index is -0.742. The molecule has 0 aliphatic heterocycles. The van der Waals surface area contributed by atoms with E-state index in [1.54, 1.807) is 24.3 Å². The summed E-state index contributed by atoms with van der Waals surface area (Å²) in [4.78, 5) is 23.8. The van der Waals surface area contributed by atoms with Gasteiger partial charge in [0.1, 0.15) is 0 Å².